The third kappa shape index (κ3) is 10.1. The minimum absolute atomic E-state index is 0. The number of likely N-dealkylation sites (tertiary alicyclic amines) is 1. The van der Waals surface area contributed by atoms with E-state index in [-0.39, 0.29) is 36.0 Å². The highest BCUT2D eigenvalue weighted by Crippen LogP contribution is 2.32. The maximum atomic E-state index is 9.41. The SMILES string of the molecule is CCNC(=NCC1(CCO)CCOC1)NCCCCN1CCC(Cc2ccccc2)CC1.I. The summed E-state index contributed by atoms with van der Waals surface area (Å²) in [6, 6.07) is 10.9. The molecule has 2 saturated heterocycles. The molecule has 2 aliphatic rings. The number of aliphatic hydroxyl groups excluding tert-OH is 1. The highest BCUT2D eigenvalue weighted by molar-refractivity contribution is 14.0. The van der Waals surface area contributed by atoms with Crippen molar-refractivity contribution >= 4 is 29.9 Å². The lowest BCUT2D eigenvalue weighted by atomic mass is 9.84. The van der Waals surface area contributed by atoms with Gasteiger partial charge in [0.05, 0.1) is 13.2 Å². The van der Waals surface area contributed by atoms with Crippen molar-refractivity contribution < 1.29 is 9.84 Å². The van der Waals surface area contributed by atoms with Gasteiger partial charge in [-0.2, -0.15) is 0 Å². The molecule has 0 aromatic heterocycles. The molecule has 2 heterocycles. The molecule has 6 nitrogen and oxygen atoms in total. The van der Waals surface area contributed by atoms with Crippen molar-refractivity contribution in [2.24, 2.45) is 16.3 Å². The number of halogens is 1. The van der Waals surface area contributed by atoms with Gasteiger partial charge in [0.25, 0.3) is 0 Å². The lowest BCUT2D eigenvalue weighted by Crippen LogP contribution is -2.39. The highest BCUT2D eigenvalue weighted by Gasteiger charge is 2.34. The van der Waals surface area contributed by atoms with Gasteiger partial charge in [0, 0.05) is 31.7 Å². The number of nitrogens with zero attached hydrogens (tertiary/aromatic N) is 2. The monoisotopic (exact) mass is 572 g/mol. The van der Waals surface area contributed by atoms with Crippen LogP contribution in [0.4, 0.5) is 0 Å². The van der Waals surface area contributed by atoms with Crippen molar-refractivity contribution in [1.82, 2.24) is 15.5 Å². The number of hydrogen-bond donors (Lipinski definition) is 3. The Morgan fingerprint density at radius 2 is 1.97 bits per heavy atom. The molecular formula is C26H45IN4O2. The number of aliphatic imine (C=N–C) groups is 1. The first-order valence-electron chi connectivity index (χ1n) is 12.7. The number of ether oxygens (including phenoxy) is 1. The molecule has 188 valence electrons. The van der Waals surface area contributed by atoms with E-state index in [9.17, 15) is 5.11 Å². The molecule has 0 spiro atoms. The summed E-state index contributed by atoms with van der Waals surface area (Å²) < 4.78 is 5.59. The van der Waals surface area contributed by atoms with E-state index in [4.69, 9.17) is 9.73 Å². The molecule has 2 fully saturated rings. The van der Waals surface area contributed by atoms with Gasteiger partial charge < -0.3 is 25.4 Å². The van der Waals surface area contributed by atoms with Gasteiger partial charge in [0.2, 0.25) is 0 Å². The van der Waals surface area contributed by atoms with Crippen molar-refractivity contribution in [3.63, 3.8) is 0 Å². The maximum Gasteiger partial charge on any atom is 0.191 e. The summed E-state index contributed by atoms with van der Waals surface area (Å²) in [4.78, 5) is 7.45. The topological polar surface area (TPSA) is 69.1 Å². The van der Waals surface area contributed by atoms with E-state index in [1.807, 2.05) is 0 Å². The standard InChI is InChI=1S/C26H44N4O2.HI/c1-2-27-25(29-21-26(12-18-31)13-19-32-22-26)28-14-6-7-15-30-16-10-24(11-17-30)20-23-8-4-3-5-9-23;/h3-5,8-9,24,31H,2,6-7,10-22H2,1H3,(H2,27,28,29);1H. The van der Waals surface area contributed by atoms with Gasteiger partial charge >= 0.3 is 0 Å². The van der Waals surface area contributed by atoms with Gasteiger partial charge in [-0.3, -0.25) is 4.99 Å². The summed E-state index contributed by atoms with van der Waals surface area (Å²) in [6.07, 6.45) is 8.00. The number of piperidine rings is 1. The van der Waals surface area contributed by atoms with Crippen LogP contribution in [0.15, 0.2) is 35.3 Å². The number of unbranched alkanes of at least 4 members (excludes halogenated alkanes) is 1. The number of rotatable bonds is 12. The van der Waals surface area contributed by atoms with Crippen LogP contribution in [-0.2, 0) is 11.2 Å². The smallest absolute Gasteiger partial charge is 0.191 e. The van der Waals surface area contributed by atoms with E-state index >= 15 is 0 Å². The third-order valence-corrected chi connectivity index (χ3v) is 7.01. The maximum absolute atomic E-state index is 9.41. The zero-order valence-electron chi connectivity index (χ0n) is 20.4. The van der Waals surface area contributed by atoms with E-state index in [0.717, 1.165) is 50.8 Å². The minimum atomic E-state index is 0. The normalized spacial score (nSPS) is 22.2. The quantitative estimate of drug-likeness (QED) is 0.154. The fourth-order valence-electron chi connectivity index (χ4n) is 4.90. The fraction of sp³-hybridized carbons (Fsp3) is 0.731. The van der Waals surface area contributed by atoms with Crippen LogP contribution in [0.2, 0.25) is 0 Å². The number of nitrogens with one attached hydrogen (secondary N) is 2. The van der Waals surface area contributed by atoms with Gasteiger partial charge in [-0.05, 0) is 83.0 Å². The van der Waals surface area contributed by atoms with Crippen LogP contribution >= 0.6 is 24.0 Å². The van der Waals surface area contributed by atoms with Gasteiger partial charge in [0.1, 0.15) is 0 Å². The molecule has 1 aromatic carbocycles. The molecule has 1 aromatic rings. The molecule has 0 aliphatic carbocycles. The van der Waals surface area contributed by atoms with Crippen LogP contribution in [0.3, 0.4) is 0 Å². The predicted molar refractivity (Wildman–Crippen MR) is 148 cm³/mol. The molecule has 1 atom stereocenters. The molecular weight excluding hydrogens is 527 g/mol. The molecule has 3 rings (SSSR count). The first kappa shape index (κ1) is 28.3. The zero-order valence-corrected chi connectivity index (χ0v) is 22.8. The van der Waals surface area contributed by atoms with E-state index in [0.29, 0.717) is 13.2 Å². The van der Waals surface area contributed by atoms with Gasteiger partial charge in [-0.25, -0.2) is 0 Å². The first-order chi connectivity index (χ1) is 15.7. The molecule has 0 radical (unpaired) electrons. The molecule has 3 N–H and O–H groups in total. The minimum Gasteiger partial charge on any atom is -0.396 e. The van der Waals surface area contributed by atoms with Crippen LogP contribution in [-0.4, -0.2) is 75.1 Å². The summed E-state index contributed by atoms with van der Waals surface area (Å²) in [5, 5.41) is 16.3. The van der Waals surface area contributed by atoms with Crippen molar-refractivity contribution in [1.29, 1.82) is 0 Å². The average Bonchev–Trinajstić information content (AvgIpc) is 3.28. The molecule has 0 bridgehead atoms. The lowest BCUT2D eigenvalue weighted by molar-refractivity contribution is 0.131. The Hall–Kier alpha value is -0.900. The predicted octanol–water partition coefficient (Wildman–Crippen LogP) is 3.68. The second-order valence-corrected chi connectivity index (χ2v) is 9.58. The summed E-state index contributed by atoms with van der Waals surface area (Å²) in [5.41, 5.74) is 1.49. The van der Waals surface area contributed by atoms with Crippen molar-refractivity contribution in [2.45, 2.75) is 51.9 Å². The number of aliphatic hydroxyl groups is 1. The zero-order chi connectivity index (χ0) is 22.5. The Kier molecular flexibility index (Phi) is 13.7. The van der Waals surface area contributed by atoms with Crippen molar-refractivity contribution in [3.8, 4) is 0 Å². The summed E-state index contributed by atoms with van der Waals surface area (Å²) in [7, 11) is 0. The molecule has 2 aliphatic heterocycles. The second-order valence-electron chi connectivity index (χ2n) is 9.58. The summed E-state index contributed by atoms with van der Waals surface area (Å²) in [6.45, 7) is 9.97. The molecule has 0 saturated carbocycles. The van der Waals surface area contributed by atoms with Gasteiger partial charge in [-0.1, -0.05) is 30.3 Å². The van der Waals surface area contributed by atoms with Gasteiger partial charge in [-0.15, -0.1) is 24.0 Å². The third-order valence-electron chi connectivity index (χ3n) is 7.01. The molecule has 1 unspecified atom stereocenters. The number of hydrogen-bond acceptors (Lipinski definition) is 4. The van der Waals surface area contributed by atoms with Crippen LogP contribution in [0.5, 0.6) is 0 Å². The summed E-state index contributed by atoms with van der Waals surface area (Å²) >= 11 is 0. The number of guanidine groups is 1. The van der Waals surface area contributed by atoms with E-state index in [1.165, 1.54) is 50.9 Å². The average molecular weight is 573 g/mol. The Balaban J connectivity index is 0.00000385. The van der Waals surface area contributed by atoms with Gasteiger partial charge in [0.15, 0.2) is 5.96 Å². The Labute approximate surface area is 218 Å². The highest BCUT2D eigenvalue weighted by atomic mass is 127. The van der Waals surface area contributed by atoms with Crippen LogP contribution in [0.1, 0.15) is 51.0 Å². The van der Waals surface area contributed by atoms with Crippen LogP contribution in [0, 0.1) is 11.3 Å². The fourth-order valence-corrected chi connectivity index (χ4v) is 4.90. The second kappa shape index (κ2) is 15.9. The number of benzene rings is 1. The summed E-state index contributed by atoms with van der Waals surface area (Å²) in [5.74, 6) is 1.73. The van der Waals surface area contributed by atoms with Crippen molar-refractivity contribution in [2.75, 3.05) is 59.1 Å². The van der Waals surface area contributed by atoms with Crippen LogP contribution < -0.4 is 10.6 Å². The Morgan fingerprint density at radius 1 is 1.18 bits per heavy atom. The molecule has 7 heteroatoms. The molecule has 0 amide bonds. The Morgan fingerprint density at radius 3 is 2.64 bits per heavy atom. The van der Waals surface area contributed by atoms with E-state index in [1.54, 1.807) is 0 Å². The van der Waals surface area contributed by atoms with Crippen molar-refractivity contribution in [3.05, 3.63) is 35.9 Å². The largest absolute Gasteiger partial charge is 0.396 e. The molecule has 33 heavy (non-hydrogen) atoms. The lowest BCUT2D eigenvalue weighted by Gasteiger charge is -2.32. The van der Waals surface area contributed by atoms with E-state index in [2.05, 4.69) is 52.8 Å². The van der Waals surface area contributed by atoms with E-state index < -0.39 is 0 Å². The first-order valence-corrected chi connectivity index (χ1v) is 12.7. The Bertz CT molecular complexity index is 660. The van der Waals surface area contributed by atoms with Crippen LogP contribution in [0.25, 0.3) is 0 Å².